The molecule has 3 heterocycles. The maximum Gasteiger partial charge on any atom is 0.270 e. The highest BCUT2D eigenvalue weighted by molar-refractivity contribution is 7.16. The number of pyridine rings is 1. The summed E-state index contributed by atoms with van der Waals surface area (Å²) in [6.07, 6.45) is -0.402. The molecule has 2 atom stereocenters. The number of hydrogen-bond donors (Lipinski definition) is 7. The Labute approximate surface area is 208 Å². The SMILES string of the molecule is O=C(NCC(O)CO)c1csc(-c2cnc(Nc3ccc4ncsc4c3)cc2NCC(O)CO)n1. The van der Waals surface area contributed by atoms with Gasteiger partial charge in [-0.25, -0.2) is 15.0 Å². The van der Waals surface area contributed by atoms with Gasteiger partial charge in [-0.2, -0.15) is 0 Å². The number of anilines is 3. The van der Waals surface area contributed by atoms with Crippen LogP contribution in [-0.2, 0) is 0 Å². The number of hydrogen-bond acceptors (Lipinski definition) is 12. The minimum absolute atomic E-state index is 0.0940. The molecule has 1 aromatic carbocycles. The molecule has 0 bridgehead atoms. The van der Waals surface area contributed by atoms with Crippen LogP contribution in [0, 0.1) is 0 Å². The van der Waals surface area contributed by atoms with Crippen molar-refractivity contribution in [2.45, 2.75) is 12.2 Å². The zero-order valence-corrected chi connectivity index (χ0v) is 20.0. The zero-order chi connectivity index (χ0) is 24.8. The molecule has 13 heteroatoms. The number of rotatable bonds is 11. The first-order valence-corrected chi connectivity index (χ1v) is 12.4. The van der Waals surface area contributed by atoms with Crippen molar-refractivity contribution in [1.82, 2.24) is 20.3 Å². The van der Waals surface area contributed by atoms with Crippen molar-refractivity contribution < 1.29 is 25.2 Å². The molecule has 0 aliphatic heterocycles. The number of carbonyl (C=O) groups excluding carboxylic acids is 1. The summed E-state index contributed by atoms with van der Waals surface area (Å²) < 4.78 is 1.04. The van der Waals surface area contributed by atoms with E-state index in [2.05, 4.69) is 30.9 Å². The van der Waals surface area contributed by atoms with E-state index in [1.807, 2.05) is 18.2 Å². The molecule has 0 fully saturated rings. The van der Waals surface area contributed by atoms with Gasteiger partial charge < -0.3 is 36.4 Å². The number of nitrogens with one attached hydrogen (secondary N) is 3. The van der Waals surface area contributed by atoms with Gasteiger partial charge in [-0.15, -0.1) is 22.7 Å². The number of benzene rings is 1. The van der Waals surface area contributed by atoms with E-state index in [1.165, 1.54) is 22.7 Å². The standard InChI is InChI=1S/C22H24N6O5S2/c29-8-13(31)5-23-17-4-20(27-12-1-2-16-19(3-12)35-11-26-16)24-7-15(17)22-28-18(10-34-22)21(33)25-6-14(32)9-30/h1-4,7,10-11,13-14,29-32H,5-6,8-9H2,(H,25,33)(H2,23,24,27). The van der Waals surface area contributed by atoms with E-state index < -0.39 is 31.3 Å². The van der Waals surface area contributed by atoms with Crippen molar-refractivity contribution in [2.24, 2.45) is 0 Å². The van der Waals surface area contributed by atoms with Gasteiger partial charge >= 0.3 is 0 Å². The van der Waals surface area contributed by atoms with Crippen molar-refractivity contribution in [2.75, 3.05) is 36.9 Å². The van der Waals surface area contributed by atoms with Crippen LogP contribution in [0.1, 0.15) is 10.5 Å². The van der Waals surface area contributed by atoms with Gasteiger partial charge in [-0.3, -0.25) is 4.79 Å². The predicted octanol–water partition coefficient (Wildman–Crippen LogP) is 1.41. The third-order valence-electron chi connectivity index (χ3n) is 4.92. The number of nitrogens with zero attached hydrogens (tertiary/aromatic N) is 3. The first-order valence-electron chi connectivity index (χ1n) is 10.6. The first-order chi connectivity index (χ1) is 17.0. The van der Waals surface area contributed by atoms with E-state index in [9.17, 15) is 20.1 Å². The number of aliphatic hydroxyl groups excluding tert-OH is 4. The van der Waals surface area contributed by atoms with Gasteiger partial charge in [0.2, 0.25) is 0 Å². The summed E-state index contributed by atoms with van der Waals surface area (Å²) in [7, 11) is 0. The lowest BCUT2D eigenvalue weighted by molar-refractivity contribution is 0.0799. The zero-order valence-electron chi connectivity index (χ0n) is 18.4. The van der Waals surface area contributed by atoms with E-state index >= 15 is 0 Å². The Morgan fingerprint density at radius 3 is 2.63 bits per heavy atom. The summed E-state index contributed by atoms with van der Waals surface area (Å²) in [6.45, 7) is -0.850. The molecule has 184 valence electrons. The van der Waals surface area contributed by atoms with Crippen LogP contribution in [0.3, 0.4) is 0 Å². The normalized spacial score (nSPS) is 12.9. The quantitative estimate of drug-likeness (QED) is 0.154. The summed E-state index contributed by atoms with van der Waals surface area (Å²) in [5.74, 6) is 0.0704. The monoisotopic (exact) mass is 516 g/mol. The van der Waals surface area contributed by atoms with Gasteiger partial charge in [0.15, 0.2) is 0 Å². The molecular weight excluding hydrogens is 492 g/mol. The van der Waals surface area contributed by atoms with Gasteiger partial charge in [0.05, 0.1) is 46.7 Å². The molecule has 4 aromatic rings. The fraction of sp³-hybridized carbons (Fsp3) is 0.273. The number of carbonyl (C=O) groups is 1. The summed E-state index contributed by atoms with van der Waals surface area (Å²) in [5.41, 5.74) is 4.91. The van der Waals surface area contributed by atoms with Gasteiger partial charge in [-0.1, -0.05) is 0 Å². The molecule has 0 aliphatic rings. The minimum atomic E-state index is -1.05. The summed E-state index contributed by atoms with van der Waals surface area (Å²) in [5, 5.41) is 48.3. The summed E-state index contributed by atoms with van der Waals surface area (Å²) in [4.78, 5) is 25.5. The minimum Gasteiger partial charge on any atom is -0.394 e. The highest BCUT2D eigenvalue weighted by Gasteiger charge is 2.17. The average Bonchev–Trinajstić information content (AvgIpc) is 3.55. The topological polar surface area (TPSA) is 173 Å². The van der Waals surface area contributed by atoms with E-state index in [0.29, 0.717) is 22.1 Å². The van der Waals surface area contributed by atoms with E-state index in [4.69, 9.17) is 5.11 Å². The molecule has 3 aromatic heterocycles. The molecule has 0 aliphatic carbocycles. The third-order valence-corrected chi connectivity index (χ3v) is 6.59. The molecule has 0 radical (unpaired) electrons. The molecule has 0 saturated heterocycles. The Morgan fingerprint density at radius 1 is 1.03 bits per heavy atom. The van der Waals surface area contributed by atoms with E-state index in [1.54, 1.807) is 23.2 Å². The second-order valence-corrected chi connectivity index (χ2v) is 9.32. The molecule has 0 saturated carbocycles. The molecule has 7 N–H and O–H groups in total. The third kappa shape index (κ3) is 6.28. The summed E-state index contributed by atoms with van der Waals surface area (Å²) in [6, 6.07) is 7.56. The fourth-order valence-electron chi connectivity index (χ4n) is 3.08. The Kier molecular flexibility index (Phi) is 8.17. The Bertz CT molecular complexity index is 1300. The fourth-order valence-corrected chi connectivity index (χ4v) is 4.62. The first kappa shape index (κ1) is 24.9. The summed E-state index contributed by atoms with van der Waals surface area (Å²) >= 11 is 2.77. The van der Waals surface area contributed by atoms with Crippen LogP contribution in [0.25, 0.3) is 20.8 Å². The molecular formula is C22H24N6O5S2. The van der Waals surface area contributed by atoms with Gasteiger partial charge in [0.25, 0.3) is 5.91 Å². The Hall–Kier alpha value is -3.20. The molecule has 11 nitrogen and oxygen atoms in total. The number of amides is 1. The smallest absolute Gasteiger partial charge is 0.270 e. The number of aromatic nitrogens is 3. The van der Waals surface area contributed by atoms with Crippen LogP contribution in [0.2, 0.25) is 0 Å². The van der Waals surface area contributed by atoms with E-state index in [-0.39, 0.29) is 18.8 Å². The Balaban J connectivity index is 1.57. The second kappa shape index (κ2) is 11.5. The molecule has 35 heavy (non-hydrogen) atoms. The maximum atomic E-state index is 12.3. The van der Waals surface area contributed by atoms with Crippen LogP contribution in [0.4, 0.5) is 17.2 Å². The highest BCUT2D eigenvalue weighted by Crippen LogP contribution is 2.33. The van der Waals surface area contributed by atoms with Crippen LogP contribution >= 0.6 is 22.7 Å². The lowest BCUT2D eigenvalue weighted by atomic mass is 10.2. The van der Waals surface area contributed by atoms with Crippen LogP contribution < -0.4 is 16.0 Å². The molecule has 1 amide bonds. The van der Waals surface area contributed by atoms with Crippen LogP contribution in [0.5, 0.6) is 0 Å². The Morgan fingerprint density at radius 2 is 1.83 bits per heavy atom. The van der Waals surface area contributed by atoms with Gasteiger partial charge in [-0.05, 0) is 18.2 Å². The van der Waals surface area contributed by atoms with Gasteiger partial charge in [0, 0.05) is 42.1 Å². The van der Waals surface area contributed by atoms with Gasteiger partial charge in [0.1, 0.15) is 16.5 Å². The second-order valence-electron chi connectivity index (χ2n) is 7.58. The lowest BCUT2D eigenvalue weighted by Gasteiger charge is -2.15. The molecule has 0 spiro atoms. The number of fused-ring (bicyclic) bond motifs is 1. The van der Waals surface area contributed by atoms with Crippen molar-refractivity contribution >= 4 is 56.0 Å². The number of aliphatic hydroxyl groups is 4. The maximum absolute atomic E-state index is 12.3. The average molecular weight is 517 g/mol. The largest absolute Gasteiger partial charge is 0.394 e. The van der Waals surface area contributed by atoms with Crippen molar-refractivity contribution in [3.8, 4) is 10.6 Å². The molecule has 4 rings (SSSR count). The number of thiazole rings is 2. The van der Waals surface area contributed by atoms with Crippen molar-refractivity contribution in [3.05, 3.63) is 47.0 Å². The van der Waals surface area contributed by atoms with Crippen molar-refractivity contribution in [3.63, 3.8) is 0 Å². The highest BCUT2D eigenvalue weighted by atomic mass is 32.1. The van der Waals surface area contributed by atoms with Crippen LogP contribution in [0.15, 0.2) is 41.4 Å². The predicted molar refractivity (Wildman–Crippen MR) is 135 cm³/mol. The molecule has 2 unspecified atom stereocenters. The van der Waals surface area contributed by atoms with Crippen LogP contribution in [-0.4, -0.2) is 79.8 Å². The lowest BCUT2D eigenvalue weighted by Crippen LogP contribution is -2.34. The van der Waals surface area contributed by atoms with E-state index in [0.717, 1.165) is 15.9 Å². The van der Waals surface area contributed by atoms with Crippen molar-refractivity contribution in [1.29, 1.82) is 0 Å².